The summed E-state index contributed by atoms with van der Waals surface area (Å²) in [4.78, 5) is 14.5. The first-order valence-corrected chi connectivity index (χ1v) is 9.17. The molecule has 4 heteroatoms. The lowest BCUT2D eigenvalue weighted by Crippen LogP contribution is -2.58. The van der Waals surface area contributed by atoms with Crippen molar-refractivity contribution in [2.24, 2.45) is 0 Å². The lowest BCUT2D eigenvalue weighted by atomic mass is 9.75. The number of ether oxygens (including phenoxy) is 1. The van der Waals surface area contributed by atoms with E-state index in [1.54, 1.807) is 7.11 Å². The Hall–Kier alpha value is -3.01. The van der Waals surface area contributed by atoms with Gasteiger partial charge in [0, 0.05) is 16.7 Å². The predicted octanol–water partition coefficient (Wildman–Crippen LogP) is 3.89. The molecule has 2 heterocycles. The molecular weight excluding hydrogens is 336 g/mol. The second-order valence-corrected chi connectivity index (χ2v) is 7.50. The van der Waals surface area contributed by atoms with Crippen molar-refractivity contribution in [1.82, 2.24) is 5.32 Å². The van der Waals surface area contributed by atoms with Crippen LogP contribution in [0.1, 0.15) is 25.0 Å². The summed E-state index contributed by atoms with van der Waals surface area (Å²) in [6, 6.07) is 16.2. The largest absolute Gasteiger partial charge is 0.496 e. The smallest absolute Gasteiger partial charge is 0.241 e. The third-order valence-corrected chi connectivity index (χ3v) is 5.74. The Bertz CT molecular complexity index is 945. The number of carbonyl (C=O) groups is 1. The molecule has 27 heavy (non-hydrogen) atoms. The van der Waals surface area contributed by atoms with Gasteiger partial charge < -0.3 is 15.0 Å². The Kier molecular flexibility index (Phi) is 4.06. The number of allylic oxidation sites excluding steroid dienone is 2. The molecule has 2 aromatic rings. The van der Waals surface area contributed by atoms with Crippen molar-refractivity contribution in [1.29, 1.82) is 0 Å². The molecule has 2 aromatic carbocycles. The number of anilines is 1. The van der Waals surface area contributed by atoms with Gasteiger partial charge in [0.2, 0.25) is 5.91 Å². The second kappa shape index (κ2) is 6.31. The van der Waals surface area contributed by atoms with Crippen LogP contribution in [0, 0.1) is 0 Å². The van der Waals surface area contributed by atoms with E-state index < -0.39 is 5.66 Å². The Morgan fingerprint density at radius 2 is 1.81 bits per heavy atom. The minimum absolute atomic E-state index is 0.0518. The van der Waals surface area contributed by atoms with E-state index in [-0.39, 0.29) is 11.3 Å². The van der Waals surface area contributed by atoms with Crippen molar-refractivity contribution in [2.45, 2.75) is 24.9 Å². The first-order valence-electron chi connectivity index (χ1n) is 9.17. The van der Waals surface area contributed by atoms with E-state index in [2.05, 4.69) is 48.3 Å². The van der Waals surface area contributed by atoms with Crippen molar-refractivity contribution >= 4 is 17.7 Å². The zero-order valence-corrected chi connectivity index (χ0v) is 15.9. The molecule has 0 spiro atoms. The number of methoxy groups -OCH3 is 1. The van der Waals surface area contributed by atoms with Gasteiger partial charge >= 0.3 is 0 Å². The third-order valence-electron chi connectivity index (χ3n) is 5.74. The normalized spacial score (nSPS) is 22.9. The number of nitrogens with one attached hydrogen (secondary N) is 1. The van der Waals surface area contributed by atoms with Crippen LogP contribution in [-0.4, -0.2) is 25.2 Å². The predicted molar refractivity (Wildman–Crippen MR) is 109 cm³/mol. The van der Waals surface area contributed by atoms with Gasteiger partial charge in [-0.3, -0.25) is 4.79 Å². The average molecular weight is 360 g/mol. The Morgan fingerprint density at radius 1 is 1.07 bits per heavy atom. The third kappa shape index (κ3) is 2.55. The number of carbonyl (C=O) groups excluding carboxylic acids is 1. The van der Waals surface area contributed by atoms with Gasteiger partial charge in [0.1, 0.15) is 11.4 Å². The van der Waals surface area contributed by atoms with E-state index in [0.29, 0.717) is 6.54 Å². The highest BCUT2D eigenvalue weighted by molar-refractivity contribution is 5.91. The van der Waals surface area contributed by atoms with E-state index in [9.17, 15) is 4.79 Å². The van der Waals surface area contributed by atoms with Crippen molar-refractivity contribution in [3.8, 4) is 5.75 Å². The number of hydrogen-bond donors (Lipinski definition) is 1. The van der Waals surface area contributed by atoms with Crippen LogP contribution >= 0.6 is 0 Å². The zero-order valence-electron chi connectivity index (χ0n) is 15.9. The minimum Gasteiger partial charge on any atom is -0.496 e. The number of rotatable bonds is 4. The molecule has 1 fully saturated rings. The van der Waals surface area contributed by atoms with Crippen LogP contribution in [-0.2, 0) is 10.2 Å². The SMILES string of the molecule is COc1ccccc1C=CC=CC12NC(=O)CN1c1ccccc1C2(C)C. The maximum absolute atomic E-state index is 12.3. The maximum Gasteiger partial charge on any atom is 0.241 e. The van der Waals surface area contributed by atoms with Crippen molar-refractivity contribution in [3.05, 3.63) is 77.9 Å². The van der Waals surface area contributed by atoms with Crippen LogP contribution in [0.25, 0.3) is 6.08 Å². The molecule has 0 aromatic heterocycles. The zero-order chi connectivity index (χ0) is 19.1. The van der Waals surface area contributed by atoms with Gasteiger partial charge in [0.05, 0.1) is 13.7 Å². The van der Waals surface area contributed by atoms with Gasteiger partial charge in [-0.15, -0.1) is 0 Å². The Morgan fingerprint density at radius 3 is 2.63 bits per heavy atom. The lowest BCUT2D eigenvalue weighted by molar-refractivity contribution is -0.118. The molecule has 4 rings (SSSR count). The molecule has 2 aliphatic heterocycles. The molecule has 4 nitrogen and oxygen atoms in total. The first-order chi connectivity index (χ1) is 13.0. The van der Waals surface area contributed by atoms with E-state index in [0.717, 1.165) is 17.0 Å². The van der Waals surface area contributed by atoms with Crippen molar-refractivity contribution in [3.63, 3.8) is 0 Å². The summed E-state index contributed by atoms with van der Waals surface area (Å²) in [7, 11) is 1.67. The summed E-state index contributed by atoms with van der Waals surface area (Å²) >= 11 is 0. The minimum atomic E-state index is -0.557. The summed E-state index contributed by atoms with van der Waals surface area (Å²) < 4.78 is 5.39. The molecule has 1 saturated heterocycles. The number of hydrogen-bond acceptors (Lipinski definition) is 3. The van der Waals surface area contributed by atoms with E-state index in [4.69, 9.17) is 4.74 Å². The fourth-order valence-corrected chi connectivity index (χ4v) is 4.30. The Labute approximate surface area is 160 Å². The van der Waals surface area contributed by atoms with Crippen molar-refractivity contribution < 1.29 is 9.53 Å². The molecule has 0 saturated carbocycles. The summed E-state index contributed by atoms with van der Waals surface area (Å²) in [6.07, 6.45) is 8.12. The molecule has 0 radical (unpaired) electrons. The topological polar surface area (TPSA) is 41.6 Å². The van der Waals surface area contributed by atoms with Crippen molar-refractivity contribution in [2.75, 3.05) is 18.6 Å². The van der Waals surface area contributed by atoms with Crippen LogP contribution in [0.4, 0.5) is 5.69 Å². The highest BCUT2D eigenvalue weighted by atomic mass is 16.5. The highest BCUT2D eigenvalue weighted by Crippen LogP contribution is 2.52. The van der Waals surface area contributed by atoms with Gasteiger partial charge in [-0.1, -0.05) is 68.5 Å². The quantitative estimate of drug-likeness (QED) is 0.841. The first kappa shape index (κ1) is 17.4. The molecule has 1 amide bonds. The second-order valence-electron chi connectivity index (χ2n) is 7.50. The molecule has 1 unspecified atom stereocenters. The fourth-order valence-electron chi connectivity index (χ4n) is 4.30. The summed E-state index contributed by atoms with van der Waals surface area (Å²) in [6.45, 7) is 4.75. The molecular formula is C23H24N2O2. The van der Waals surface area contributed by atoms with Gasteiger partial charge in [-0.2, -0.15) is 0 Å². The van der Waals surface area contributed by atoms with Gasteiger partial charge in [0.15, 0.2) is 0 Å². The number of para-hydroxylation sites is 2. The lowest BCUT2D eigenvalue weighted by Gasteiger charge is -2.40. The molecule has 1 N–H and O–H groups in total. The number of fused-ring (bicyclic) bond motifs is 3. The molecule has 2 aliphatic rings. The maximum atomic E-state index is 12.3. The fraction of sp³-hybridized carbons (Fsp3) is 0.261. The van der Waals surface area contributed by atoms with Crippen LogP contribution in [0.3, 0.4) is 0 Å². The van der Waals surface area contributed by atoms with E-state index in [1.807, 2.05) is 48.6 Å². The Balaban J connectivity index is 1.68. The van der Waals surface area contributed by atoms with Crippen LogP contribution in [0.15, 0.2) is 66.8 Å². The molecule has 0 aliphatic carbocycles. The van der Waals surface area contributed by atoms with Gasteiger partial charge in [0.25, 0.3) is 0 Å². The molecule has 138 valence electrons. The van der Waals surface area contributed by atoms with Gasteiger partial charge in [-0.25, -0.2) is 0 Å². The van der Waals surface area contributed by atoms with E-state index >= 15 is 0 Å². The highest BCUT2D eigenvalue weighted by Gasteiger charge is 2.59. The number of nitrogens with zero attached hydrogens (tertiary/aromatic N) is 1. The number of benzene rings is 2. The summed E-state index contributed by atoms with van der Waals surface area (Å²) in [5, 5.41) is 3.23. The number of amides is 1. The molecule has 1 atom stereocenters. The monoisotopic (exact) mass is 360 g/mol. The standard InChI is InChI=1S/C23H24N2O2/c1-22(2)18-12-5-6-13-19(18)25-16-21(26)24-23(22,25)15-9-8-11-17-10-4-7-14-20(17)27-3/h4-15H,16H2,1-3H3,(H,24,26). The van der Waals surface area contributed by atoms with Crippen LogP contribution < -0.4 is 15.0 Å². The average Bonchev–Trinajstić information content (AvgIpc) is 3.10. The van der Waals surface area contributed by atoms with E-state index in [1.165, 1.54) is 5.56 Å². The van der Waals surface area contributed by atoms with Crippen LogP contribution in [0.2, 0.25) is 0 Å². The van der Waals surface area contributed by atoms with Crippen LogP contribution in [0.5, 0.6) is 5.75 Å². The summed E-state index contributed by atoms with van der Waals surface area (Å²) in [5.74, 6) is 0.889. The summed E-state index contributed by atoms with van der Waals surface area (Å²) in [5.41, 5.74) is 2.59. The van der Waals surface area contributed by atoms with Gasteiger partial charge in [-0.05, 0) is 23.8 Å². The molecule has 0 bridgehead atoms.